The second-order valence-electron chi connectivity index (χ2n) is 3.73. The highest BCUT2D eigenvalue weighted by Crippen LogP contribution is 2.16. The minimum atomic E-state index is 0.510. The minimum absolute atomic E-state index is 0.510. The number of nitrogens with one attached hydrogen (secondary N) is 1. The molecule has 0 saturated carbocycles. The fraction of sp³-hybridized carbons (Fsp3) is 0.500. The summed E-state index contributed by atoms with van der Waals surface area (Å²) in [6, 6.07) is 1.80. The molecular formula is C10H16ClN3. The molecular weight excluding hydrogens is 198 g/mol. The average Bonchev–Trinajstić information content (AvgIpc) is 2.10. The lowest BCUT2D eigenvalue weighted by Crippen LogP contribution is -2.19. The van der Waals surface area contributed by atoms with Crippen molar-refractivity contribution in [1.29, 1.82) is 0 Å². The molecule has 1 aromatic rings. The van der Waals surface area contributed by atoms with E-state index in [0.717, 1.165) is 18.7 Å². The van der Waals surface area contributed by atoms with Crippen LogP contribution in [0.5, 0.6) is 0 Å². The van der Waals surface area contributed by atoms with Gasteiger partial charge < -0.3 is 11.1 Å². The maximum Gasteiger partial charge on any atom is 0.123 e. The number of pyridine rings is 1. The van der Waals surface area contributed by atoms with Gasteiger partial charge in [-0.1, -0.05) is 25.4 Å². The van der Waals surface area contributed by atoms with Crippen LogP contribution in [0.15, 0.2) is 12.3 Å². The van der Waals surface area contributed by atoms with Gasteiger partial charge in [0, 0.05) is 12.7 Å². The van der Waals surface area contributed by atoms with Crippen LogP contribution in [0.2, 0.25) is 5.02 Å². The Kier molecular flexibility index (Phi) is 4.17. The molecule has 78 valence electrons. The molecule has 1 rings (SSSR count). The first kappa shape index (κ1) is 11.3. The fourth-order valence-electron chi connectivity index (χ4n) is 1.13. The quantitative estimate of drug-likeness (QED) is 0.805. The Morgan fingerprint density at radius 3 is 2.93 bits per heavy atom. The van der Waals surface area contributed by atoms with Crippen molar-refractivity contribution >= 4 is 17.4 Å². The van der Waals surface area contributed by atoms with E-state index < -0.39 is 0 Å². The van der Waals surface area contributed by atoms with Crippen LogP contribution in [0, 0.1) is 5.92 Å². The zero-order valence-corrected chi connectivity index (χ0v) is 9.30. The first-order valence-corrected chi connectivity index (χ1v) is 5.08. The van der Waals surface area contributed by atoms with Crippen molar-refractivity contribution in [2.24, 2.45) is 5.92 Å². The molecule has 0 aliphatic heterocycles. The third-order valence-electron chi connectivity index (χ3n) is 1.82. The summed E-state index contributed by atoms with van der Waals surface area (Å²) in [5, 5.41) is 3.96. The Hall–Kier alpha value is -0.800. The van der Waals surface area contributed by atoms with E-state index in [1.165, 1.54) is 0 Å². The lowest BCUT2D eigenvalue weighted by atomic mass is 10.2. The average molecular weight is 214 g/mol. The summed E-state index contributed by atoms with van der Waals surface area (Å²) in [6.07, 6.45) is 1.59. The molecule has 0 amide bonds. The number of nitrogens with two attached hydrogens (primary N) is 1. The third-order valence-corrected chi connectivity index (χ3v) is 2.16. The van der Waals surface area contributed by atoms with E-state index in [1.54, 1.807) is 12.3 Å². The van der Waals surface area contributed by atoms with Gasteiger partial charge in [-0.2, -0.15) is 0 Å². The number of hydrogen-bond donors (Lipinski definition) is 2. The van der Waals surface area contributed by atoms with Gasteiger partial charge in [0.1, 0.15) is 5.82 Å². The van der Waals surface area contributed by atoms with Crippen molar-refractivity contribution < 1.29 is 0 Å². The molecule has 0 unspecified atom stereocenters. The van der Waals surface area contributed by atoms with Gasteiger partial charge in [0.15, 0.2) is 0 Å². The summed E-state index contributed by atoms with van der Waals surface area (Å²) in [7, 11) is 0. The van der Waals surface area contributed by atoms with Gasteiger partial charge in [0.2, 0.25) is 0 Å². The Morgan fingerprint density at radius 2 is 2.29 bits per heavy atom. The standard InChI is InChI=1S/C10H16ClN3/c1-7(2)4-13-5-8-3-10(12)14-6-9(8)11/h3,6-7,13H,4-5H2,1-2H3,(H2,12,14). The van der Waals surface area contributed by atoms with E-state index in [9.17, 15) is 0 Å². The number of nitrogen functional groups attached to an aromatic ring is 1. The molecule has 14 heavy (non-hydrogen) atoms. The smallest absolute Gasteiger partial charge is 0.123 e. The van der Waals surface area contributed by atoms with Crippen molar-refractivity contribution in [2.45, 2.75) is 20.4 Å². The first-order valence-electron chi connectivity index (χ1n) is 4.70. The number of rotatable bonds is 4. The van der Waals surface area contributed by atoms with E-state index in [1.807, 2.05) is 0 Å². The molecule has 0 aliphatic rings. The topological polar surface area (TPSA) is 50.9 Å². The summed E-state index contributed by atoms with van der Waals surface area (Å²) in [5.74, 6) is 1.14. The van der Waals surface area contributed by atoms with Crippen LogP contribution in [0.25, 0.3) is 0 Å². The van der Waals surface area contributed by atoms with Crippen molar-refractivity contribution in [3.8, 4) is 0 Å². The summed E-state index contributed by atoms with van der Waals surface area (Å²) >= 11 is 5.95. The zero-order valence-electron chi connectivity index (χ0n) is 8.55. The highest BCUT2D eigenvalue weighted by molar-refractivity contribution is 6.31. The molecule has 0 atom stereocenters. The predicted molar refractivity (Wildman–Crippen MR) is 60.2 cm³/mol. The Balaban J connectivity index is 2.53. The van der Waals surface area contributed by atoms with Crippen LogP contribution < -0.4 is 11.1 Å². The van der Waals surface area contributed by atoms with E-state index in [2.05, 4.69) is 24.1 Å². The Bertz CT molecular complexity index is 299. The number of aromatic nitrogens is 1. The molecule has 0 radical (unpaired) electrons. The summed E-state index contributed by atoms with van der Waals surface area (Å²) in [5.41, 5.74) is 6.56. The predicted octanol–water partition coefficient (Wildman–Crippen LogP) is 2.06. The van der Waals surface area contributed by atoms with E-state index in [-0.39, 0.29) is 0 Å². The summed E-state index contributed by atoms with van der Waals surface area (Å²) in [6.45, 7) is 6.04. The molecule has 4 heteroatoms. The van der Waals surface area contributed by atoms with Gasteiger partial charge in [-0.25, -0.2) is 4.98 Å². The van der Waals surface area contributed by atoms with Crippen molar-refractivity contribution in [3.05, 3.63) is 22.8 Å². The number of anilines is 1. The van der Waals surface area contributed by atoms with Crippen LogP contribution in [0.3, 0.4) is 0 Å². The van der Waals surface area contributed by atoms with E-state index in [4.69, 9.17) is 17.3 Å². The molecule has 0 spiro atoms. The molecule has 3 nitrogen and oxygen atoms in total. The number of hydrogen-bond acceptors (Lipinski definition) is 3. The van der Waals surface area contributed by atoms with Gasteiger partial charge in [0.25, 0.3) is 0 Å². The normalized spacial score (nSPS) is 10.9. The SMILES string of the molecule is CC(C)CNCc1cc(N)ncc1Cl. The lowest BCUT2D eigenvalue weighted by Gasteiger charge is -2.08. The third kappa shape index (κ3) is 3.52. The monoisotopic (exact) mass is 213 g/mol. The maximum atomic E-state index is 5.95. The molecule has 0 aromatic carbocycles. The molecule has 0 aliphatic carbocycles. The summed E-state index contributed by atoms with van der Waals surface area (Å²) in [4.78, 5) is 3.90. The van der Waals surface area contributed by atoms with Gasteiger partial charge in [-0.15, -0.1) is 0 Å². The largest absolute Gasteiger partial charge is 0.384 e. The van der Waals surface area contributed by atoms with Crippen molar-refractivity contribution in [3.63, 3.8) is 0 Å². The highest BCUT2D eigenvalue weighted by Gasteiger charge is 2.01. The van der Waals surface area contributed by atoms with E-state index in [0.29, 0.717) is 16.8 Å². The van der Waals surface area contributed by atoms with E-state index >= 15 is 0 Å². The number of halogens is 1. The van der Waals surface area contributed by atoms with Gasteiger partial charge in [0.05, 0.1) is 5.02 Å². The zero-order chi connectivity index (χ0) is 10.6. The van der Waals surface area contributed by atoms with Crippen LogP contribution in [0.1, 0.15) is 19.4 Å². The van der Waals surface area contributed by atoms with Crippen LogP contribution in [0.4, 0.5) is 5.82 Å². The molecule has 3 N–H and O–H groups in total. The minimum Gasteiger partial charge on any atom is -0.384 e. The second-order valence-corrected chi connectivity index (χ2v) is 4.13. The molecule has 1 aromatic heterocycles. The van der Waals surface area contributed by atoms with Gasteiger partial charge >= 0.3 is 0 Å². The number of nitrogens with zero attached hydrogens (tertiary/aromatic N) is 1. The second kappa shape index (κ2) is 5.17. The maximum absolute atomic E-state index is 5.95. The van der Waals surface area contributed by atoms with Crippen LogP contribution in [-0.4, -0.2) is 11.5 Å². The van der Waals surface area contributed by atoms with Crippen LogP contribution >= 0.6 is 11.6 Å². The van der Waals surface area contributed by atoms with Crippen molar-refractivity contribution in [1.82, 2.24) is 10.3 Å². The molecule has 1 heterocycles. The lowest BCUT2D eigenvalue weighted by molar-refractivity contribution is 0.552. The Labute approximate surface area is 89.7 Å². The first-order chi connectivity index (χ1) is 6.59. The van der Waals surface area contributed by atoms with Gasteiger partial charge in [-0.3, -0.25) is 0 Å². The molecule has 0 fully saturated rings. The van der Waals surface area contributed by atoms with Crippen LogP contribution in [-0.2, 0) is 6.54 Å². The molecule has 0 saturated heterocycles. The summed E-state index contributed by atoms with van der Waals surface area (Å²) < 4.78 is 0. The fourth-order valence-corrected chi connectivity index (χ4v) is 1.30. The Morgan fingerprint density at radius 1 is 1.57 bits per heavy atom. The van der Waals surface area contributed by atoms with Gasteiger partial charge in [-0.05, 0) is 24.1 Å². The van der Waals surface area contributed by atoms with Crippen molar-refractivity contribution in [2.75, 3.05) is 12.3 Å². The highest BCUT2D eigenvalue weighted by atomic mass is 35.5. The molecule has 0 bridgehead atoms.